The second-order valence-electron chi connectivity index (χ2n) is 5.18. The van der Waals surface area contributed by atoms with Crippen LogP contribution in [0, 0.1) is 0 Å². The Morgan fingerprint density at radius 1 is 1.14 bits per heavy atom. The summed E-state index contributed by atoms with van der Waals surface area (Å²) >= 11 is 1.63. The van der Waals surface area contributed by atoms with Gasteiger partial charge < -0.3 is 15.4 Å². The van der Waals surface area contributed by atoms with Crippen LogP contribution in [0.5, 0.6) is 5.75 Å². The zero-order valence-electron chi connectivity index (χ0n) is 12.9. The predicted molar refractivity (Wildman–Crippen MR) is 90.3 cm³/mol. The van der Waals surface area contributed by atoms with Crippen LogP contribution in [0.15, 0.2) is 52.3 Å². The number of hydrogen-bond donors (Lipinski definition) is 1. The van der Waals surface area contributed by atoms with E-state index in [4.69, 9.17) is 10.5 Å². The summed E-state index contributed by atoms with van der Waals surface area (Å²) in [5, 5.41) is 0. The van der Waals surface area contributed by atoms with Gasteiger partial charge >= 0.3 is 0 Å². The lowest BCUT2D eigenvalue weighted by Gasteiger charge is -2.16. The summed E-state index contributed by atoms with van der Waals surface area (Å²) < 4.78 is 17.6. The van der Waals surface area contributed by atoms with E-state index in [0.717, 1.165) is 27.6 Å². The number of ether oxygens (including phenoxy) is 1. The third kappa shape index (κ3) is 4.64. The topological polar surface area (TPSA) is 38.5 Å². The summed E-state index contributed by atoms with van der Waals surface area (Å²) in [6, 6.07) is 13.6. The highest BCUT2D eigenvalue weighted by Crippen LogP contribution is 2.35. The van der Waals surface area contributed by atoms with Crippen LogP contribution in [0.4, 0.5) is 10.1 Å². The molecular formula is C17H21FN2OS. The molecule has 0 saturated heterocycles. The fourth-order valence-corrected chi connectivity index (χ4v) is 3.02. The number of nitrogens with zero attached hydrogens (tertiary/aromatic N) is 1. The molecule has 118 valence electrons. The monoisotopic (exact) mass is 319 g/mol. The van der Waals surface area contributed by atoms with Crippen molar-refractivity contribution in [3.63, 3.8) is 0 Å². The minimum Gasteiger partial charge on any atom is -0.491 e. The number of nitrogens with two attached hydrogens (primary N) is 1. The molecule has 0 heterocycles. The minimum atomic E-state index is -0.486. The highest BCUT2D eigenvalue weighted by molar-refractivity contribution is 7.99. The second kappa shape index (κ2) is 8.06. The molecule has 2 aromatic rings. The molecule has 2 rings (SSSR count). The highest BCUT2D eigenvalue weighted by atomic mass is 32.2. The van der Waals surface area contributed by atoms with E-state index in [9.17, 15) is 4.39 Å². The van der Waals surface area contributed by atoms with Gasteiger partial charge in [-0.1, -0.05) is 23.9 Å². The van der Waals surface area contributed by atoms with Crippen molar-refractivity contribution in [3.05, 3.63) is 48.0 Å². The van der Waals surface area contributed by atoms with Crippen LogP contribution in [0.2, 0.25) is 0 Å². The molecule has 2 N–H and O–H groups in total. The van der Waals surface area contributed by atoms with Crippen molar-refractivity contribution in [2.24, 2.45) is 0 Å². The van der Waals surface area contributed by atoms with Crippen molar-refractivity contribution >= 4 is 17.4 Å². The molecular weight excluding hydrogens is 298 g/mol. The van der Waals surface area contributed by atoms with Crippen molar-refractivity contribution in [2.45, 2.75) is 16.3 Å². The average molecular weight is 319 g/mol. The molecule has 0 bridgehead atoms. The molecule has 5 heteroatoms. The van der Waals surface area contributed by atoms with E-state index in [0.29, 0.717) is 5.75 Å². The quantitative estimate of drug-likeness (QED) is 0.787. The lowest BCUT2D eigenvalue weighted by molar-refractivity contribution is 0.272. The van der Waals surface area contributed by atoms with Gasteiger partial charge in [0.2, 0.25) is 0 Å². The first-order valence-electron chi connectivity index (χ1n) is 7.09. The van der Waals surface area contributed by atoms with Gasteiger partial charge in [0.05, 0.1) is 0 Å². The fourth-order valence-electron chi connectivity index (χ4n) is 2.06. The largest absolute Gasteiger partial charge is 0.491 e. The highest BCUT2D eigenvalue weighted by Gasteiger charge is 2.09. The molecule has 0 saturated carbocycles. The minimum absolute atomic E-state index is 0.0829. The van der Waals surface area contributed by atoms with Gasteiger partial charge in [0.25, 0.3) is 0 Å². The average Bonchev–Trinajstić information content (AvgIpc) is 2.49. The molecule has 0 aromatic heterocycles. The van der Waals surface area contributed by atoms with Gasteiger partial charge in [-0.3, -0.25) is 0 Å². The molecule has 0 atom stereocenters. The molecule has 0 unspecified atom stereocenters. The predicted octanol–water partition coefficient (Wildman–Crippen LogP) is 3.83. The van der Waals surface area contributed by atoms with Crippen LogP contribution in [0.3, 0.4) is 0 Å². The first kappa shape index (κ1) is 16.6. The van der Waals surface area contributed by atoms with Crippen molar-refractivity contribution in [2.75, 3.05) is 33.1 Å². The SMILES string of the molecule is CN(C)Cc1cc(OCC[18F])ccc1Sc1ccccc1N. The Morgan fingerprint density at radius 2 is 1.91 bits per heavy atom. The zero-order valence-corrected chi connectivity index (χ0v) is 13.7. The summed E-state index contributed by atoms with van der Waals surface area (Å²) in [6.07, 6.45) is 0. The molecule has 0 aliphatic heterocycles. The zero-order chi connectivity index (χ0) is 15.9. The molecule has 0 spiro atoms. The van der Waals surface area contributed by atoms with E-state index in [2.05, 4.69) is 4.90 Å². The number of halogens is 1. The number of rotatable bonds is 7. The number of anilines is 1. The van der Waals surface area contributed by atoms with Gasteiger partial charge in [0.1, 0.15) is 19.0 Å². The molecule has 22 heavy (non-hydrogen) atoms. The summed E-state index contributed by atoms with van der Waals surface area (Å²) in [5.74, 6) is 0.694. The van der Waals surface area contributed by atoms with Gasteiger partial charge in [-0.05, 0) is 50.0 Å². The Balaban J connectivity index is 2.27. The summed E-state index contributed by atoms with van der Waals surface area (Å²) in [4.78, 5) is 4.24. The van der Waals surface area contributed by atoms with E-state index in [-0.39, 0.29) is 6.61 Å². The van der Waals surface area contributed by atoms with Gasteiger partial charge in [-0.15, -0.1) is 0 Å². The van der Waals surface area contributed by atoms with Crippen LogP contribution >= 0.6 is 11.8 Å². The van der Waals surface area contributed by atoms with Gasteiger partial charge in [0, 0.05) is 22.0 Å². The molecule has 0 aliphatic carbocycles. The third-order valence-corrected chi connectivity index (χ3v) is 4.21. The third-order valence-electron chi connectivity index (χ3n) is 3.00. The van der Waals surface area contributed by atoms with Gasteiger partial charge in [-0.2, -0.15) is 0 Å². The van der Waals surface area contributed by atoms with Crippen LogP contribution in [0.1, 0.15) is 5.56 Å². The van der Waals surface area contributed by atoms with Crippen molar-refractivity contribution in [1.82, 2.24) is 4.90 Å². The van der Waals surface area contributed by atoms with Gasteiger partial charge in [0.15, 0.2) is 0 Å². The Morgan fingerprint density at radius 3 is 2.59 bits per heavy atom. The Hall–Kier alpha value is -1.72. The first-order chi connectivity index (χ1) is 10.6. The normalized spacial score (nSPS) is 10.9. The van der Waals surface area contributed by atoms with E-state index in [1.165, 1.54) is 0 Å². The number of alkyl halides is 1. The lowest BCUT2D eigenvalue weighted by Crippen LogP contribution is -2.11. The molecule has 0 radical (unpaired) electrons. The Labute approximate surface area is 135 Å². The standard InChI is InChI=1S/C17H21FN2OS/c1-20(2)12-13-11-14(21-10-9-18)7-8-16(13)22-17-6-4-3-5-15(17)19/h3-8,11H,9-10,12,19H2,1-2H3/i18-1. The van der Waals surface area contributed by atoms with E-state index in [1.807, 2.05) is 56.6 Å². The molecule has 3 nitrogen and oxygen atoms in total. The van der Waals surface area contributed by atoms with Crippen LogP contribution in [0.25, 0.3) is 0 Å². The van der Waals surface area contributed by atoms with Crippen LogP contribution < -0.4 is 10.5 Å². The van der Waals surface area contributed by atoms with Crippen molar-refractivity contribution in [3.8, 4) is 5.75 Å². The summed E-state index contributed by atoms with van der Waals surface area (Å²) in [6.45, 7) is 0.376. The van der Waals surface area contributed by atoms with Crippen molar-refractivity contribution < 1.29 is 9.13 Å². The maximum absolute atomic E-state index is 12.2. The maximum atomic E-state index is 12.2. The summed E-state index contributed by atoms with van der Waals surface area (Å²) in [7, 11) is 4.03. The lowest BCUT2D eigenvalue weighted by atomic mass is 10.2. The first-order valence-corrected chi connectivity index (χ1v) is 7.90. The fraction of sp³-hybridized carbons (Fsp3) is 0.294. The van der Waals surface area contributed by atoms with Crippen molar-refractivity contribution in [1.29, 1.82) is 0 Å². The Kier molecular flexibility index (Phi) is 6.10. The number of benzene rings is 2. The number of hydrogen-bond acceptors (Lipinski definition) is 4. The summed E-state index contributed by atoms with van der Waals surface area (Å²) in [5.41, 5.74) is 7.92. The number of para-hydroxylation sites is 1. The van der Waals surface area contributed by atoms with E-state index >= 15 is 0 Å². The van der Waals surface area contributed by atoms with E-state index in [1.54, 1.807) is 11.8 Å². The molecule has 0 fully saturated rings. The second-order valence-corrected chi connectivity index (χ2v) is 6.27. The molecule has 0 aliphatic rings. The Bertz CT molecular complexity index is 619. The van der Waals surface area contributed by atoms with Crippen LogP contribution in [-0.4, -0.2) is 32.3 Å². The molecule has 2 aromatic carbocycles. The van der Waals surface area contributed by atoms with Crippen LogP contribution in [-0.2, 0) is 6.54 Å². The molecule has 0 amide bonds. The smallest absolute Gasteiger partial charge is 0.123 e. The number of nitrogen functional groups attached to an aromatic ring is 1. The van der Waals surface area contributed by atoms with E-state index < -0.39 is 6.67 Å². The maximum Gasteiger partial charge on any atom is 0.123 e. The van der Waals surface area contributed by atoms with Gasteiger partial charge in [-0.25, -0.2) is 4.39 Å².